The fraction of sp³-hybridized carbons (Fsp3) is 0.647. The number of hydrogen-bond donors (Lipinski definition) is 2. The summed E-state index contributed by atoms with van der Waals surface area (Å²) in [7, 11) is 2.07. The third kappa shape index (κ3) is 4.12. The van der Waals surface area contributed by atoms with Gasteiger partial charge in [-0.2, -0.15) is 0 Å². The minimum Gasteiger partial charge on any atom is -0.391 e. The largest absolute Gasteiger partial charge is 0.391 e. The molecule has 2 atom stereocenters. The number of nitrogens with zero attached hydrogens (tertiary/aromatic N) is 1. The molecule has 1 aromatic carbocycles. The van der Waals surface area contributed by atoms with E-state index in [4.69, 9.17) is 11.6 Å². The fourth-order valence-electron chi connectivity index (χ4n) is 3.08. The molecular formula is C17H27ClN2O. The fourth-order valence-corrected chi connectivity index (χ4v) is 3.32. The highest BCUT2D eigenvalue weighted by Crippen LogP contribution is 2.32. The Bertz CT molecular complexity index is 464. The van der Waals surface area contributed by atoms with Gasteiger partial charge in [-0.05, 0) is 25.0 Å². The molecule has 1 aromatic rings. The average molecular weight is 311 g/mol. The molecule has 2 rings (SSSR count). The number of anilines is 1. The van der Waals surface area contributed by atoms with Gasteiger partial charge in [-0.15, -0.1) is 0 Å². The quantitative estimate of drug-likeness (QED) is 0.872. The number of nitrogens with one attached hydrogen (secondary N) is 1. The van der Waals surface area contributed by atoms with E-state index in [9.17, 15) is 5.11 Å². The van der Waals surface area contributed by atoms with Crippen molar-refractivity contribution in [1.82, 2.24) is 5.32 Å². The Balaban J connectivity index is 2.22. The number of halogens is 1. The summed E-state index contributed by atoms with van der Waals surface area (Å²) < 4.78 is 0. The smallest absolute Gasteiger partial charge is 0.0743 e. The minimum absolute atomic E-state index is 0.190. The first-order valence-electron chi connectivity index (χ1n) is 7.92. The van der Waals surface area contributed by atoms with E-state index in [1.54, 1.807) is 0 Å². The Morgan fingerprint density at radius 3 is 2.71 bits per heavy atom. The molecule has 0 radical (unpaired) electrons. The molecule has 0 amide bonds. The number of benzene rings is 1. The number of aliphatic hydroxyl groups is 1. The molecule has 0 aliphatic heterocycles. The summed E-state index contributed by atoms with van der Waals surface area (Å²) >= 11 is 6.40. The normalized spacial score (nSPS) is 22.6. The second-order valence-corrected chi connectivity index (χ2v) is 6.71. The third-order valence-corrected chi connectivity index (χ3v) is 4.71. The number of likely N-dealkylation sites (N-methyl/N-ethyl adjacent to an activating group) is 1. The predicted molar refractivity (Wildman–Crippen MR) is 90.1 cm³/mol. The molecule has 0 heterocycles. The lowest BCUT2D eigenvalue weighted by Gasteiger charge is -2.37. The monoisotopic (exact) mass is 310 g/mol. The van der Waals surface area contributed by atoms with Crippen molar-refractivity contribution in [2.75, 3.05) is 11.9 Å². The van der Waals surface area contributed by atoms with Crippen molar-refractivity contribution in [3.05, 3.63) is 28.8 Å². The summed E-state index contributed by atoms with van der Waals surface area (Å²) in [6.45, 7) is 5.01. The van der Waals surface area contributed by atoms with Crippen LogP contribution in [0, 0.1) is 0 Å². The summed E-state index contributed by atoms with van der Waals surface area (Å²) in [4.78, 5) is 2.22. The Kier molecular flexibility index (Phi) is 5.91. The molecule has 1 fully saturated rings. The van der Waals surface area contributed by atoms with Gasteiger partial charge in [-0.3, -0.25) is 0 Å². The first-order valence-corrected chi connectivity index (χ1v) is 8.30. The predicted octanol–water partition coefficient (Wildman–Crippen LogP) is 3.58. The van der Waals surface area contributed by atoms with Crippen molar-refractivity contribution in [2.24, 2.45) is 0 Å². The first-order chi connectivity index (χ1) is 10.0. The third-order valence-electron chi connectivity index (χ3n) is 4.35. The van der Waals surface area contributed by atoms with Gasteiger partial charge in [0.15, 0.2) is 0 Å². The molecule has 0 spiro atoms. The van der Waals surface area contributed by atoms with Gasteiger partial charge in [0.1, 0.15) is 0 Å². The number of hydrogen-bond acceptors (Lipinski definition) is 3. The molecule has 1 saturated carbocycles. The van der Waals surface area contributed by atoms with Crippen LogP contribution in [-0.4, -0.2) is 30.3 Å². The van der Waals surface area contributed by atoms with Crippen LogP contribution >= 0.6 is 11.6 Å². The maximum absolute atomic E-state index is 10.3. The maximum atomic E-state index is 10.3. The molecule has 3 nitrogen and oxygen atoms in total. The Morgan fingerprint density at radius 1 is 1.33 bits per heavy atom. The lowest BCUT2D eigenvalue weighted by molar-refractivity contribution is 0.106. The molecule has 118 valence electrons. The van der Waals surface area contributed by atoms with Crippen molar-refractivity contribution in [3.8, 4) is 0 Å². The Morgan fingerprint density at radius 2 is 2.05 bits per heavy atom. The van der Waals surface area contributed by atoms with Crippen LogP contribution in [0.1, 0.15) is 45.1 Å². The number of rotatable bonds is 5. The molecule has 2 unspecified atom stereocenters. The van der Waals surface area contributed by atoms with E-state index < -0.39 is 0 Å². The lowest BCUT2D eigenvalue weighted by atomic mass is 9.91. The Hall–Kier alpha value is -0.770. The second kappa shape index (κ2) is 7.48. The minimum atomic E-state index is -0.242. The maximum Gasteiger partial charge on any atom is 0.0743 e. The topological polar surface area (TPSA) is 35.5 Å². The van der Waals surface area contributed by atoms with Gasteiger partial charge < -0.3 is 15.3 Å². The molecule has 0 saturated heterocycles. The highest BCUT2D eigenvalue weighted by atomic mass is 35.5. The van der Waals surface area contributed by atoms with Crippen LogP contribution < -0.4 is 10.2 Å². The molecule has 2 N–H and O–H groups in total. The van der Waals surface area contributed by atoms with Gasteiger partial charge in [0.2, 0.25) is 0 Å². The molecular weight excluding hydrogens is 284 g/mol. The van der Waals surface area contributed by atoms with Gasteiger partial charge in [0.05, 0.1) is 12.1 Å². The zero-order valence-corrected chi connectivity index (χ0v) is 14.0. The zero-order chi connectivity index (χ0) is 15.4. The van der Waals surface area contributed by atoms with Crippen LogP contribution in [0.25, 0.3) is 0 Å². The standard InChI is InChI=1S/C17H27ClN2O/c1-12(2)19-11-13-14(18)7-6-9-15(13)20(3)16-8-4-5-10-17(16)21/h6-7,9,12,16-17,19,21H,4-5,8,10-11H2,1-3H3. The van der Waals surface area contributed by atoms with Crippen LogP contribution in [0.3, 0.4) is 0 Å². The molecule has 1 aliphatic rings. The molecule has 0 aromatic heterocycles. The number of aliphatic hydroxyl groups excluding tert-OH is 1. The van der Waals surface area contributed by atoms with E-state index in [2.05, 4.69) is 37.2 Å². The molecule has 0 bridgehead atoms. The van der Waals surface area contributed by atoms with Crippen molar-refractivity contribution in [2.45, 2.75) is 64.3 Å². The highest BCUT2D eigenvalue weighted by Gasteiger charge is 2.28. The van der Waals surface area contributed by atoms with E-state index in [1.165, 1.54) is 6.42 Å². The summed E-state index contributed by atoms with van der Waals surface area (Å²) in [5.74, 6) is 0. The highest BCUT2D eigenvalue weighted by molar-refractivity contribution is 6.31. The van der Waals surface area contributed by atoms with E-state index >= 15 is 0 Å². The van der Waals surface area contributed by atoms with Crippen molar-refractivity contribution in [1.29, 1.82) is 0 Å². The van der Waals surface area contributed by atoms with Crippen LogP contribution in [0.15, 0.2) is 18.2 Å². The molecule has 4 heteroatoms. The summed E-state index contributed by atoms with van der Waals surface area (Å²) in [5, 5.41) is 14.5. The van der Waals surface area contributed by atoms with Crippen molar-refractivity contribution in [3.63, 3.8) is 0 Å². The van der Waals surface area contributed by atoms with Gasteiger partial charge in [-0.25, -0.2) is 0 Å². The second-order valence-electron chi connectivity index (χ2n) is 6.30. The Labute approximate surface area is 133 Å². The van der Waals surface area contributed by atoms with E-state index in [1.807, 2.05) is 12.1 Å². The van der Waals surface area contributed by atoms with Crippen LogP contribution in [0.4, 0.5) is 5.69 Å². The summed E-state index contributed by atoms with van der Waals surface area (Å²) in [6.07, 6.45) is 4.01. The molecule has 1 aliphatic carbocycles. The lowest BCUT2D eigenvalue weighted by Crippen LogP contribution is -2.44. The van der Waals surface area contributed by atoms with Crippen molar-refractivity contribution >= 4 is 17.3 Å². The van der Waals surface area contributed by atoms with E-state index in [-0.39, 0.29) is 12.1 Å². The summed E-state index contributed by atoms with van der Waals surface area (Å²) in [6, 6.07) is 6.63. The average Bonchev–Trinajstić information content (AvgIpc) is 2.45. The van der Waals surface area contributed by atoms with Crippen LogP contribution in [0.2, 0.25) is 5.02 Å². The van der Waals surface area contributed by atoms with E-state index in [0.717, 1.165) is 42.1 Å². The van der Waals surface area contributed by atoms with Gasteiger partial charge >= 0.3 is 0 Å². The SMILES string of the molecule is CC(C)NCc1c(Cl)cccc1N(C)C1CCCCC1O. The van der Waals surface area contributed by atoms with Gasteiger partial charge in [0.25, 0.3) is 0 Å². The van der Waals surface area contributed by atoms with Crippen LogP contribution in [0.5, 0.6) is 0 Å². The van der Waals surface area contributed by atoms with Gasteiger partial charge in [0, 0.05) is 35.9 Å². The van der Waals surface area contributed by atoms with Gasteiger partial charge in [-0.1, -0.05) is 44.4 Å². The first kappa shape index (κ1) is 16.6. The summed E-state index contributed by atoms with van der Waals surface area (Å²) in [5.41, 5.74) is 2.25. The van der Waals surface area contributed by atoms with E-state index in [0.29, 0.717) is 6.04 Å². The van der Waals surface area contributed by atoms with Crippen molar-refractivity contribution < 1.29 is 5.11 Å². The molecule has 21 heavy (non-hydrogen) atoms. The zero-order valence-electron chi connectivity index (χ0n) is 13.3. The van der Waals surface area contributed by atoms with Crippen LogP contribution in [-0.2, 0) is 6.54 Å².